The van der Waals surface area contributed by atoms with E-state index in [2.05, 4.69) is 30.7 Å². The Labute approximate surface area is 168 Å². The first-order valence-electron chi connectivity index (χ1n) is 9.77. The maximum absolute atomic E-state index is 12.8. The molecule has 4 rings (SSSR count). The highest BCUT2D eigenvalue weighted by molar-refractivity contribution is 6.09. The molecule has 0 bridgehead atoms. The first-order chi connectivity index (χ1) is 13.9. The Balaban J connectivity index is 1.69. The number of fused-ring (bicyclic) bond motifs is 2. The summed E-state index contributed by atoms with van der Waals surface area (Å²) in [5, 5.41) is 0. The quantitative estimate of drug-likeness (QED) is 0.492. The van der Waals surface area contributed by atoms with Crippen molar-refractivity contribution in [1.82, 2.24) is 0 Å². The third-order valence-corrected chi connectivity index (χ3v) is 5.53. The lowest BCUT2D eigenvalue weighted by Gasteiger charge is -2.23. The molecule has 2 aliphatic heterocycles. The van der Waals surface area contributed by atoms with Gasteiger partial charge in [-0.15, -0.1) is 0 Å². The van der Waals surface area contributed by atoms with Crippen molar-refractivity contribution in [2.24, 2.45) is 0 Å². The van der Waals surface area contributed by atoms with Gasteiger partial charge in [0, 0.05) is 23.1 Å². The van der Waals surface area contributed by atoms with Gasteiger partial charge in [0.1, 0.15) is 20.2 Å². The Morgan fingerprint density at radius 2 is 1.90 bits per heavy atom. The average Bonchev–Trinajstić information content (AvgIpc) is 3.14. The zero-order chi connectivity index (χ0) is 20.6. The second kappa shape index (κ2) is 7.67. The summed E-state index contributed by atoms with van der Waals surface area (Å²) < 4.78 is 40.5. The zero-order valence-corrected chi connectivity index (χ0v) is 16.4. The number of hydrogen-bond donors (Lipinski definition) is 0. The smallest absolute Gasteiger partial charge is 0.337 e. The summed E-state index contributed by atoms with van der Waals surface area (Å²) in [7, 11) is 2.05. The van der Waals surface area contributed by atoms with Crippen LogP contribution in [0.15, 0.2) is 42.5 Å². The van der Waals surface area contributed by atoms with E-state index in [1.54, 1.807) is 0 Å². The molecule has 0 aromatic heterocycles. The van der Waals surface area contributed by atoms with E-state index in [0.29, 0.717) is 12.5 Å². The van der Waals surface area contributed by atoms with Gasteiger partial charge in [-0.2, -0.15) is 18.1 Å². The number of benzene rings is 2. The first-order valence-corrected chi connectivity index (χ1v) is 9.77. The van der Waals surface area contributed by atoms with E-state index in [9.17, 15) is 13.2 Å². The highest BCUT2D eigenvalue weighted by Gasteiger charge is 2.32. The highest BCUT2D eigenvalue weighted by Crippen LogP contribution is 2.37. The number of hydrogen-bond acceptors (Lipinski definition) is 2. The van der Waals surface area contributed by atoms with Crippen molar-refractivity contribution in [2.75, 3.05) is 13.6 Å². The number of likely N-dealkylation sites (N-methyl/N-ethyl adjacent to an activating group) is 1. The molecule has 0 radical (unpaired) electrons. The van der Waals surface area contributed by atoms with Gasteiger partial charge in [-0.1, -0.05) is 25.5 Å². The van der Waals surface area contributed by atoms with E-state index in [0.717, 1.165) is 59.7 Å². The molecule has 2 aromatic rings. The van der Waals surface area contributed by atoms with E-state index in [1.807, 2.05) is 12.2 Å². The van der Waals surface area contributed by atoms with Gasteiger partial charge in [-0.25, -0.2) is 4.58 Å². The van der Waals surface area contributed by atoms with Crippen LogP contribution in [0.25, 0.3) is 6.08 Å². The summed E-state index contributed by atoms with van der Waals surface area (Å²) in [4.78, 5) is 10.4. The number of rotatable bonds is 4. The lowest BCUT2D eigenvalue weighted by atomic mass is 9.84. The number of alkyl halides is 3. The van der Waals surface area contributed by atoms with Crippen LogP contribution >= 0.6 is 0 Å². The molecule has 0 fully saturated rings. The summed E-state index contributed by atoms with van der Waals surface area (Å²) in [5.41, 5.74) is 4.51. The number of nitrogens with zero attached hydrogens (tertiary/aromatic N) is 1. The Morgan fingerprint density at radius 3 is 2.59 bits per heavy atom. The molecule has 2 heterocycles. The third-order valence-electron chi connectivity index (χ3n) is 5.53. The Morgan fingerprint density at radius 1 is 1.14 bits per heavy atom. The van der Waals surface area contributed by atoms with Gasteiger partial charge >= 0.3 is 6.18 Å². The molecule has 1 atom stereocenters. The van der Waals surface area contributed by atoms with Crippen molar-refractivity contribution in [3.63, 3.8) is 0 Å². The summed E-state index contributed by atoms with van der Waals surface area (Å²) >= 11 is 0. The lowest BCUT2D eigenvalue weighted by Crippen LogP contribution is -2.29. The summed E-state index contributed by atoms with van der Waals surface area (Å²) in [6, 6.07) is 9.41. The van der Waals surface area contributed by atoms with Crippen LogP contribution in [0.3, 0.4) is 0 Å². The second-order valence-electron chi connectivity index (χ2n) is 7.60. The molecule has 3 nitrogen and oxygen atoms in total. The van der Waals surface area contributed by atoms with E-state index in [-0.39, 0.29) is 0 Å². The molecule has 1 unspecified atom stereocenters. The van der Waals surface area contributed by atoms with Crippen molar-refractivity contribution >= 4 is 11.8 Å². The summed E-state index contributed by atoms with van der Waals surface area (Å²) in [6.07, 6.45) is 1.68. The van der Waals surface area contributed by atoms with Crippen LogP contribution in [0, 0.1) is 0 Å². The molecule has 0 spiro atoms. The molecular weight excluding hydrogens is 379 g/mol. The molecular formula is C23H23F3NO2+. The monoisotopic (exact) mass is 402 g/mol. The first kappa shape index (κ1) is 19.7. The maximum atomic E-state index is 12.8. The van der Waals surface area contributed by atoms with Crippen molar-refractivity contribution in [2.45, 2.75) is 38.5 Å². The SMILES string of the molecule is CCCC1C[N+](C)=C(/C=C/c2ccc(C(F)(F)F)cc2)c2cc3c(cc21)OOC3. The van der Waals surface area contributed by atoms with Crippen molar-refractivity contribution in [3.8, 4) is 5.75 Å². The molecule has 0 aliphatic carbocycles. The van der Waals surface area contributed by atoms with Gasteiger partial charge in [0.2, 0.25) is 5.71 Å². The molecule has 0 N–H and O–H groups in total. The van der Waals surface area contributed by atoms with E-state index in [4.69, 9.17) is 9.78 Å². The van der Waals surface area contributed by atoms with Crippen molar-refractivity contribution in [1.29, 1.82) is 0 Å². The van der Waals surface area contributed by atoms with E-state index in [1.165, 1.54) is 17.7 Å². The topological polar surface area (TPSA) is 21.5 Å². The van der Waals surface area contributed by atoms with Gasteiger partial charge in [-0.3, -0.25) is 0 Å². The Bertz CT molecular complexity index is 975. The van der Waals surface area contributed by atoms with Crippen LogP contribution in [0.5, 0.6) is 5.75 Å². The van der Waals surface area contributed by atoms with E-state index >= 15 is 0 Å². The minimum Gasteiger partial charge on any atom is -0.337 e. The van der Waals surface area contributed by atoms with Crippen LogP contribution in [-0.2, 0) is 17.7 Å². The Hall–Kier alpha value is -2.60. The predicted octanol–water partition coefficient (Wildman–Crippen LogP) is 5.57. The zero-order valence-electron chi connectivity index (χ0n) is 16.4. The fourth-order valence-corrected chi connectivity index (χ4v) is 4.05. The molecule has 2 aliphatic rings. The van der Waals surface area contributed by atoms with Gasteiger partial charge in [0.05, 0.1) is 5.56 Å². The molecule has 6 heteroatoms. The van der Waals surface area contributed by atoms with Gasteiger partial charge in [0.25, 0.3) is 0 Å². The van der Waals surface area contributed by atoms with Crippen LogP contribution in [0.4, 0.5) is 13.2 Å². The number of halogens is 3. The normalized spacial score (nSPS) is 18.7. The minimum atomic E-state index is -4.32. The molecule has 2 aromatic carbocycles. The van der Waals surface area contributed by atoms with Gasteiger partial charge in [0.15, 0.2) is 5.75 Å². The predicted molar refractivity (Wildman–Crippen MR) is 105 cm³/mol. The third kappa shape index (κ3) is 3.94. The summed E-state index contributed by atoms with van der Waals surface area (Å²) in [5.74, 6) is 1.18. The fourth-order valence-electron chi connectivity index (χ4n) is 4.05. The Kier molecular flexibility index (Phi) is 5.21. The van der Waals surface area contributed by atoms with Crippen molar-refractivity contribution in [3.05, 3.63) is 70.3 Å². The molecule has 0 amide bonds. The van der Waals surface area contributed by atoms with Gasteiger partial charge in [-0.05, 0) is 47.9 Å². The summed E-state index contributed by atoms with van der Waals surface area (Å²) in [6.45, 7) is 3.48. The van der Waals surface area contributed by atoms with Crippen LogP contribution in [0.2, 0.25) is 0 Å². The number of allylic oxidation sites excluding steroid dienone is 1. The molecule has 0 saturated heterocycles. The molecule has 0 saturated carbocycles. The van der Waals surface area contributed by atoms with Crippen LogP contribution in [-0.4, -0.2) is 23.9 Å². The van der Waals surface area contributed by atoms with Gasteiger partial charge < -0.3 is 4.89 Å². The van der Waals surface area contributed by atoms with Crippen LogP contribution < -0.4 is 4.89 Å². The highest BCUT2D eigenvalue weighted by atomic mass is 19.4. The minimum absolute atomic E-state index is 0.401. The average molecular weight is 402 g/mol. The van der Waals surface area contributed by atoms with E-state index < -0.39 is 11.7 Å². The fraction of sp³-hybridized carbons (Fsp3) is 0.348. The van der Waals surface area contributed by atoms with Crippen LogP contribution in [0.1, 0.15) is 53.5 Å². The molecule has 152 valence electrons. The largest absolute Gasteiger partial charge is 0.416 e. The maximum Gasteiger partial charge on any atom is 0.416 e. The second-order valence-corrected chi connectivity index (χ2v) is 7.60. The molecule has 29 heavy (non-hydrogen) atoms. The lowest BCUT2D eigenvalue weighted by molar-refractivity contribution is -0.501. The van der Waals surface area contributed by atoms with Crippen molar-refractivity contribution < 1.29 is 27.5 Å². The standard InChI is InChI=1S/C23H23F3NO2/c1-3-4-16-13-27(2)21(20-11-17-14-28-29-22(17)12-19(16)20)10-7-15-5-8-18(9-6-15)23(24,25)26/h5-12,16H,3-4,13-14H2,1-2H3/q+1/b10-7+.